The van der Waals surface area contributed by atoms with E-state index in [-0.39, 0.29) is 0 Å². The molecule has 1 atom stereocenters. The van der Waals surface area contributed by atoms with Gasteiger partial charge in [0.2, 0.25) is 0 Å². The fraction of sp³-hybridized carbons (Fsp3) is 1.00. The summed E-state index contributed by atoms with van der Waals surface area (Å²) in [7, 11) is 0. The third kappa shape index (κ3) is 9.00. The van der Waals surface area contributed by atoms with Crippen molar-refractivity contribution >= 4 is 0 Å². The lowest BCUT2D eigenvalue weighted by molar-refractivity contribution is 0.212. The van der Waals surface area contributed by atoms with Crippen molar-refractivity contribution in [2.24, 2.45) is 11.3 Å². The maximum absolute atomic E-state index is 3.74. The molecule has 1 aliphatic rings. The monoisotopic (exact) mass is 281 g/mol. The molecule has 0 aromatic heterocycles. The first kappa shape index (κ1) is 18.0. The zero-order valence-corrected chi connectivity index (χ0v) is 14.6. The largest absolute Gasteiger partial charge is 0.314 e. The van der Waals surface area contributed by atoms with Gasteiger partial charge in [-0.1, -0.05) is 79.1 Å². The molecule has 1 nitrogen and oxygen atoms in total. The molecular weight excluding hydrogens is 242 g/mol. The van der Waals surface area contributed by atoms with Gasteiger partial charge in [-0.05, 0) is 37.1 Å². The maximum atomic E-state index is 3.74. The number of rotatable bonds is 12. The Labute approximate surface area is 128 Å². The molecule has 1 unspecified atom stereocenters. The second kappa shape index (κ2) is 9.82. The van der Waals surface area contributed by atoms with Crippen LogP contribution in [0.15, 0.2) is 0 Å². The molecule has 120 valence electrons. The van der Waals surface area contributed by atoms with Crippen LogP contribution >= 0.6 is 0 Å². The van der Waals surface area contributed by atoms with E-state index in [0.717, 1.165) is 12.0 Å². The summed E-state index contributed by atoms with van der Waals surface area (Å²) in [6.45, 7) is 10.8. The predicted octanol–water partition coefficient (Wildman–Crippen LogP) is 5.93. The Morgan fingerprint density at radius 3 is 1.95 bits per heavy atom. The van der Waals surface area contributed by atoms with Crippen molar-refractivity contribution in [1.29, 1.82) is 0 Å². The number of hydrogen-bond donors (Lipinski definition) is 1. The summed E-state index contributed by atoms with van der Waals surface area (Å²) >= 11 is 0. The molecule has 0 amide bonds. The van der Waals surface area contributed by atoms with Crippen LogP contribution in [0.5, 0.6) is 0 Å². The first-order chi connectivity index (χ1) is 9.54. The van der Waals surface area contributed by atoms with E-state index >= 15 is 0 Å². The highest BCUT2D eigenvalue weighted by molar-refractivity contribution is 4.84. The Balaban J connectivity index is 2.02. The highest BCUT2D eigenvalue weighted by Crippen LogP contribution is 2.31. The van der Waals surface area contributed by atoms with Crippen molar-refractivity contribution in [2.45, 2.75) is 104 Å². The first-order valence-corrected chi connectivity index (χ1v) is 9.27. The second-order valence-electron chi connectivity index (χ2n) is 8.01. The summed E-state index contributed by atoms with van der Waals surface area (Å²) in [5.74, 6) is 0.850. The molecular formula is C19H39N. The van der Waals surface area contributed by atoms with Gasteiger partial charge in [-0.25, -0.2) is 0 Å². The number of hydrogen-bond acceptors (Lipinski definition) is 1. The summed E-state index contributed by atoms with van der Waals surface area (Å²) < 4.78 is 0. The Kier molecular flexibility index (Phi) is 8.84. The zero-order chi connectivity index (χ0) is 14.8. The van der Waals surface area contributed by atoms with Gasteiger partial charge < -0.3 is 5.32 Å². The van der Waals surface area contributed by atoms with E-state index in [1.165, 1.54) is 77.2 Å². The highest BCUT2D eigenvalue weighted by Gasteiger charge is 2.27. The molecule has 1 N–H and O–H groups in total. The van der Waals surface area contributed by atoms with E-state index in [4.69, 9.17) is 0 Å². The molecule has 1 fully saturated rings. The molecule has 0 bridgehead atoms. The Morgan fingerprint density at radius 1 is 0.900 bits per heavy atom. The minimum absolute atomic E-state index is 0.461. The summed E-state index contributed by atoms with van der Waals surface area (Å²) in [5.41, 5.74) is 0.461. The lowest BCUT2D eigenvalue weighted by Crippen LogP contribution is -2.32. The third-order valence-electron chi connectivity index (χ3n) is 4.86. The summed E-state index contributed by atoms with van der Waals surface area (Å²) in [6, 6.07) is 0.860. The van der Waals surface area contributed by atoms with E-state index in [0.29, 0.717) is 5.41 Å². The van der Waals surface area contributed by atoms with Crippen LogP contribution in [0.2, 0.25) is 0 Å². The van der Waals surface area contributed by atoms with Crippen molar-refractivity contribution in [2.75, 3.05) is 6.54 Å². The average Bonchev–Trinajstić information content (AvgIpc) is 3.18. The van der Waals surface area contributed by atoms with Crippen LogP contribution < -0.4 is 5.32 Å². The number of nitrogens with one attached hydrogen (secondary N) is 1. The first-order valence-electron chi connectivity index (χ1n) is 9.27. The fourth-order valence-corrected chi connectivity index (χ4v) is 2.96. The zero-order valence-electron chi connectivity index (χ0n) is 14.6. The van der Waals surface area contributed by atoms with E-state index in [1.807, 2.05) is 0 Å². The van der Waals surface area contributed by atoms with Gasteiger partial charge in [-0.2, -0.15) is 0 Å². The summed E-state index contributed by atoms with van der Waals surface area (Å²) in [4.78, 5) is 0. The molecule has 0 spiro atoms. The summed E-state index contributed by atoms with van der Waals surface area (Å²) in [5, 5.41) is 3.74. The van der Waals surface area contributed by atoms with Gasteiger partial charge in [0.15, 0.2) is 0 Å². The van der Waals surface area contributed by atoms with Crippen molar-refractivity contribution < 1.29 is 0 Å². The third-order valence-corrected chi connectivity index (χ3v) is 4.86. The summed E-state index contributed by atoms with van der Waals surface area (Å²) in [6.07, 6.45) is 15.7. The van der Waals surface area contributed by atoms with Crippen molar-refractivity contribution in [3.63, 3.8) is 0 Å². The maximum Gasteiger partial charge on any atom is 0.00683 e. The number of unbranched alkanes of at least 4 members (excludes halogenated alkanes) is 7. The molecule has 20 heavy (non-hydrogen) atoms. The van der Waals surface area contributed by atoms with Gasteiger partial charge in [0.1, 0.15) is 0 Å². The molecule has 0 heterocycles. The van der Waals surface area contributed by atoms with E-state index < -0.39 is 0 Å². The molecule has 1 heteroatoms. The SMILES string of the molecule is CCCCCCCCCCC(CNC1CC1)C(C)(C)C. The predicted molar refractivity (Wildman–Crippen MR) is 91.2 cm³/mol. The molecule has 0 aromatic carbocycles. The van der Waals surface area contributed by atoms with Crippen molar-refractivity contribution in [3.8, 4) is 0 Å². The second-order valence-corrected chi connectivity index (χ2v) is 8.01. The van der Waals surface area contributed by atoms with Gasteiger partial charge in [0.25, 0.3) is 0 Å². The topological polar surface area (TPSA) is 12.0 Å². The quantitative estimate of drug-likeness (QED) is 0.437. The standard InChI is InChI=1S/C19H39N/c1-5-6-7-8-9-10-11-12-13-17(19(2,3)4)16-20-18-14-15-18/h17-18,20H,5-16H2,1-4H3. The van der Waals surface area contributed by atoms with Crippen molar-refractivity contribution in [3.05, 3.63) is 0 Å². The van der Waals surface area contributed by atoms with E-state index in [2.05, 4.69) is 33.0 Å². The molecule has 0 aromatic rings. The van der Waals surface area contributed by atoms with Gasteiger partial charge >= 0.3 is 0 Å². The molecule has 1 saturated carbocycles. The minimum Gasteiger partial charge on any atom is -0.314 e. The van der Waals surface area contributed by atoms with Crippen LogP contribution in [0.4, 0.5) is 0 Å². The van der Waals surface area contributed by atoms with Gasteiger partial charge in [0.05, 0.1) is 0 Å². The molecule has 0 radical (unpaired) electrons. The van der Waals surface area contributed by atoms with Crippen LogP contribution in [-0.4, -0.2) is 12.6 Å². The smallest absolute Gasteiger partial charge is 0.00683 e. The average molecular weight is 282 g/mol. The fourth-order valence-electron chi connectivity index (χ4n) is 2.96. The normalized spacial score (nSPS) is 17.4. The van der Waals surface area contributed by atoms with E-state index in [1.54, 1.807) is 0 Å². The minimum atomic E-state index is 0.461. The Bertz CT molecular complexity index is 224. The molecule has 1 rings (SSSR count). The van der Waals surface area contributed by atoms with Gasteiger partial charge in [0, 0.05) is 6.04 Å². The van der Waals surface area contributed by atoms with Crippen LogP contribution in [-0.2, 0) is 0 Å². The Hall–Kier alpha value is -0.0400. The van der Waals surface area contributed by atoms with Gasteiger partial charge in [-0.15, -0.1) is 0 Å². The molecule has 1 aliphatic carbocycles. The Morgan fingerprint density at radius 2 is 1.45 bits per heavy atom. The highest BCUT2D eigenvalue weighted by atomic mass is 14.9. The van der Waals surface area contributed by atoms with E-state index in [9.17, 15) is 0 Å². The van der Waals surface area contributed by atoms with Crippen LogP contribution in [0.25, 0.3) is 0 Å². The van der Waals surface area contributed by atoms with Crippen LogP contribution in [0.1, 0.15) is 98.3 Å². The molecule has 0 saturated heterocycles. The van der Waals surface area contributed by atoms with Gasteiger partial charge in [-0.3, -0.25) is 0 Å². The lowest BCUT2D eigenvalue weighted by Gasteiger charge is -2.31. The molecule has 0 aliphatic heterocycles. The lowest BCUT2D eigenvalue weighted by atomic mass is 9.77. The van der Waals surface area contributed by atoms with Crippen LogP contribution in [0, 0.1) is 11.3 Å². The van der Waals surface area contributed by atoms with Crippen LogP contribution in [0.3, 0.4) is 0 Å². The van der Waals surface area contributed by atoms with Crippen molar-refractivity contribution in [1.82, 2.24) is 5.32 Å².